The molecule has 3 amide bonds. The van der Waals surface area contributed by atoms with Crippen molar-refractivity contribution in [2.24, 2.45) is 0 Å². The summed E-state index contributed by atoms with van der Waals surface area (Å²) in [5.74, 6) is -0.930. The SMILES string of the molecule is N#Cc1ccccc1COc1c(I)cc(/C=C2\SC(=O)N(CC(=O)Nc3ccc(F)cc3)C2=O)cc1I. The third-order valence-corrected chi connectivity index (χ3v) is 7.64. The molecule has 3 aromatic carbocycles. The van der Waals surface area contributed by atoms with E-state index in [9.17, 15) is 24.0 Å². The number of nitrogens with one attached hydrogen (secondary N) is 1. The third kappa shape index (κ3) is 6.68. The van der Waals surface area contributed by atoms with E-state index >= 15 is 0 Å². The zero-order valence-corrected chi connectivity index (χ0v) is 24.0. The molecule has 0 atom stereocenters. The Hall–Kier alpha value is -2.96. The molecule has 1 N–H and O–H groups in total. The summed E-state index contributed by atoms with van der Waals surface area (Å²) in [7, 11) is 0. The lowest BCUT2D eigenvalue weighted by Crippen LogP contribution is -2.36. The van der Waals surface area contributed by atoms with E-state index in [2.05, 4.69) is 56.6 Å². The van der Waals surface area contributed by atoms with Crippen molar-refractivity contribution in [3.8, 4) is 11.8 Å². The average Bonchev–Trinajstić information content (AvgIpc) is 3.12. The second-order valence-electron chi connectivity index (χ2n) is 7.69. The van der Waals surface area contributed by atoms with Crippen LogP contribution in [0.25, 0.3) is 6.08 Å². The van der Waals surface area contributed by atoms with Crippen LogP contribution in [0, 0.1) is 24.3 Å². The molecule has 1 aliphatic rings. The quantitative estimate of drug-likeness (QED) is 0.231. The summed E-state index contributed by atoms with van der Waals surface area (Å²) in [4.78, 5) is 38.7. The van der Waals surface area contributed by atoms with Gasteiger partial charge in [0.05, 0.1) is 23.7 Å². The molecule has 3 aromatic rings. The van der Waals surface area contributed by atoms with Gasteiger partial charge in [0.25, 0.3) is 11.1 Å². The van der Waals surface area contributed by atoms with Crippen molar-refractivity contribution in [3.63, 3.8) is 0 Å². The number of ether oxygens (including phenoxy) is 1. The van der Waals surface area contributed by atoms with E-state index in [1.165, 1.54) is 24.3 Å². The van der Waals surface area contributed by atoms with Crippen LogP contribution in [0.1, 0.15) is 16.7 Å². The van der Waals surface area contributed by atoms with Crippen LogP contribution in [0.15, 0.2) is 65.6 Å². The molecule has 0 saturated carbocycles. The van der Waals surface area contributed by atoms with Gasteiger partial charge in [0.1, 0.15) is 24.7 Å². The fraction of sp³-hybridized carbons (Fsp3) is 0.0769. The van der Waals surface area contributed by atoms with E-state index in [1.807, 2.05) is 24.3 Å². The monoisotopic (exact) mass is 739 g/mol. The molecular formula is C26H16FI2N3O4S. The van der Waals surface area contributed by atoms with Gasteiger partial charge in [0.15, 0.2) is 0 Å². The molecule has 4 rings (SSSR count). The van der Waals surface area contributed by atoms with Crippen LogP contribution in [0.3, 0.4) is 0 Å². The smallest absolute Gasteiger partial charge is 0.294 e. The first kappa shape index (κ1) is 27.1. The molecular weight excluding hydrogens is 723 g/mol. The number of hydrogen-bond acceptors (Lipinski definition) is 6. The molecule has 186 valence electrons. The van der Waals surface area contributed by atoms with Gasteiger partial charge in [-0.2, -0.15) is 5.26 Å². The van der Waals surface area contributed by atoms with E-state index in [4.69, 9.17) is 4.74 Å². The summed E-state index contributed by atoms with van der Waals surface area (Å²) in [5, 5.41) is 11.3. The Morgan fingerprint density at radius 1 is 1.11 bits per heavy atom. The van der Waals surface area contributed by atoms with Crippen LogP contribution in [-0.2, 0) is 16.2 Å². The van der Waals surface area contributed by atoms with Crippen LogP contribution in [0.4, 0.5) is 14.9 Å². The summed E-state index contributed by atoms with van der Waals surface area (Å²) in [6.45, 7) is -0.223. The van der Waals surface area contributed by atoms with Crippen LogP contribution < -0.4 is 10.1 Å². The number of carbonyl (C=O) groups excluding carboxylic acids is 3. The summed E-state index contributed by atoms with van der Waals surface area (Å²) in [6, 6.07) is 18.2. The van der Waals surface area contributed by atoms with Gasteiger partial charge in [-0.25, -0.2) is 4.39 Å². The number of nitriles is 1. The number of hydrogen-bond donors (Lipinski definition) is 1. The van der Waals surface area contributed by atoms with Gasteiger partial charge in [-0.3, -0.25) is 19.3 Å². The number of benzene rings is 3. The highest BCUT2D eigenvalue weighted by Crippen LogP contribution is 2.35. The maximum Gasteiger partial charge on any atom is 0.294 e. The molecule has 37 heavy (non-hydrogen) atoms. The highest BCUT2D eigenvalue weighted by Gasteiger charge is 2.36. The Balaban J connectivity index is 1.45. The molecule has 0 spiro atoms. The molecule has 7 nitrogen and oxygen atoms in total. The second kappa shape index (κ2) is 12.1. The van der Waals surface area contributed by atoms with Crippen molar-refractivity contribution in [1.82, 2.24) is 4.90 Å². The van der Waals surface area contributed by atoms with Crippen LogP contribution in [0.2, 0.25) is 0 Å². The van der Waals surface area contributed by atoms with E-state index < -0.39 is 29.4 Å². The van der Waals surface area contributed by atoms with Crippen molar-refractivity contribution < 1.29 is 23.5 Å². The Morgan fingerprint density at radius 2 is 1.78 bits per heavy atom. The minimum atomic E-state index is -0.571. The predicted octanol–water partition coefficient (Wildman–Crippen LogP) is 6.16. The summed E-state index contributed by atoms with van der Waals surface area (Å²) in [5.41, 5.74) is 2.38. The van der Waals surface area contributed by atoms with Crippen molar-refractivity contribution >= 4 is 85.8 Å². The van der Waals surface area contributed by atoms with Gasteiger partial charge in [0.2, 0.25) is 5.91 Å². The first-order chi connectivity index (χ1) is 17.7. The number of halogens is 3. The number of nitrogens with zero attached hydrogens (tertiary/aromatic N) is 2. The highest BCUT2D eigenvalue weighted by molar-refractivity contribution is 14.1. The summed E-state index contributed by atoms with van der Waals surface area (Å²) in [6.07, 6.45) is 1.60. The van der Waals surface area contributed by atoms with Crippen molar-refractivity contribution in [2.75, 3.05) is 11.9 Å². The van der Waals surface area contributed by atoms with Gasteiger partial charge in [-0.05, 0) is 111 Å². The molecule has 1 fully saturated rings. The fourth-order valence-corrected chi connectivity index (χ4v) is 6.34. The molecule has 0 aliphatic carbocycles. The number of rotatable bonds is 7. The van der Waals surface area contributed by atoms with E-state index in [0.717, 1.165) is 29.4 Å². The number of anilines is 1. The largest absolute Gasteiger partial charge is 0.487 e. The molecule has 11 heteroatoms. The average molecular weight is 739 g/mol. The number of imide groups is 1. The lowest BCUT2D eigenvalue weighted by Gasteiger charge is -2.13. The molecule has 0 unspecified atom stereocenters. The normalized spacial score (nSPS) is 14.1. The number of thioether (sulfide) groups is 1. The molecule has 1 saturated heterocycles. The topological polar surface area (TPSA) is 99.5 Å². The lowest BCUT2D eigenvalue weighted by atomic mass is 10.1. The molecule has 0 radical (unpaired) electrons. The van der Waals surface area contributed by atoms with Gasteiger partial charge in [0, 0.05) is 11.3 Å². The zero-order valence-electron chi connectivity index (χ0n) is 18.8. The summed E-state index contributed by atoms with van der Waals surface area (Å²) < 4.78 is 20.6. The van der Waals surface area contributed by atoms with Crippen LogP contribution >= 0.6 is 56.9 Å². The van der Waals surface area contributed by atoms with Gasteiger partial charge in [-0.1, -0.05) is 18.2 Å². The Kier molecular flexibility index (Phi) is 8.83. The Morgan fingerprint density at radius 3 is 2.46 bits per heavy atom. The third-order valence-electron chi connectivity index (χ3n) is 5.13. The minimum Gasteiger partial charge on any atom is -0.487 e. The van der Waals surface area contributed by atoms with Crippen LogP contribution in [-0.4, -0.2) is 28.5 Å². The van der Waals surface area contributed by atoms with Crippen molar-refractivity contribution in [2.45, 2.75) is 6.61 Å². The first-order valence-corrected chi connectivity index (χ1v) is 13.6. The first-order valence-electron chi connectivity index (χ1n) is 10.7. The maximum absolute atomic E-state index is 13.0. The standard InChI is InChI=1S/C26H16FI2N3O4S/c27-18-5-7-19(8-6-18)31-23(33)13-32-25(34)22(37-26(32)35)11-15-9-20(28)24(21(29)10-15)36-14-17-4-2-1-3-16(17)12-30/h1-11H,13-14H2,(H,31,33)/b22-11-. The van der Waals surface area contributed by atoms with Crippen molar-refractivity contribution in [1.29, 1.82) is 5.26 Å². The second-order valence-corrected chi connectivity index (χ2v) is 11.0. The van der Waals surface area contributed by atoms with Crippen LogP contribution in [0.5, 0.6) is 5.75 Å². The maximum atomic E-state index is 13.0. The van der Waals surface area contributed by atoms with Gasteiger partial charge < -0.3 is 10.1 Å². The van der Waals surface area contributed by atoms with Gasteiger partial charge >= 0.3 is 0 Å². The molecule has 0 bridgehead atoms. The Bertz CT molecular complexity index is 1450. The summed E-state index contributed by atoms with van der Waals surface area (Å²) >= 11 is 5.02. The van der Waals surface area contributed by atoms with E-state index in [1.54, 1.807) is 18.2 Å². The zero-order chi connectivity index (χ0) is 26.5. The van der Waals surface area contributed by atoms with E-state index in [0.29, 0.717) is 22.6 Å². The highest BCUT2D eigenvalue weighted by atomic mass is 127. The fourth-order valence-electron chi connectivity index (χ4n) is 3.37. The molecule has 1 aliphatic heterocycles. The minimum absolute atomic E-state index is 0.197. The Labute approximate surface area is 243 Å². The van der Waals surface area contributed by atoms with Gasteiger partial charge in [-0.15, -0.1) is 0 Å². The molecule has 1 heterocycles. The number of amides is 3. The van der Waals surface area contributed by atoms with Crippen molar-refractivity contribution in [3.05, 3.63) is 95.2 Å². The molecule has 0 aromatic heterocycles. The number of carbonyl (C=O) groups is 3. The predicted molar refractivity (Wildman–Crippen MR) is 155 cm³/mol. The van der Waals surface area contributed by atoms with E-state index in [-0.39, 0.29) is 11.5 Å². The lowest BCUT2D eigenvalue weighted by molar-refractivity contribution is -0.127.